The van der Waals surface area contributed by atoms with E-state index in [9.17, 15) is 28.8 Å². The summed E-state index contributed by atoms with van der Waals surface area (Å²) in [6.07, 6.45) is 7.11. The Morgan fingerprint density at radius 3 is 1.32 bits per heavy atom. The van der Waals surface area contributed by atoms with Gasteiger partial charge >= 0.3 is 11.9 Å². The molecule has 0 unspecified atom stereocenters. The van der Waals surface area contributed by atoms with Crippen LogP contribution in [0.25, 0.3) is 22.6 Å². The molecule has 10 nitrogen and oxygen atoms in total. The van der Waals surface area contributed by atoms with E-state index in [0.717, 1.165) is 35.1 Å². The Hall–Kier alpha value is -5.38. The van der Waals surface area contributed by atoms with Gasteiger partial charge in [-0.3, -0.25) is 28.8 Å². The molecule has 4 aromatic rings. The number of Topliss-reactive ketones (excluding diaryl/α,β-unsaturated/α-hetero) is 4. The molecule has 0 saturated heterocycles. The van der Waals surface area contributed by atoms with Gasteiger partial charge in [0.25, 0.3) is 0 Å². The maximum atomic E-state index is 12.8. The number of carbonyl (C=O) groups excluding carboxylic acids is 6. The molecule has 256 valence electrons. The van der Waals surface area contributed by atoms with Gasteiger partial charge in [-0.05, 0) is 99.6 Å². The molecule has 8 rings (SSSR count). The van der Waals surface area contributed by atoms with Crippen molar-refractivity contribution in [2.75, 3.05) is 14.2 Å². The summed E-state index contributed by atoms with van der Waals surface area (Å²) >= 11 is 0. The van der Waals surface area contributed by atoms with Gasteiger partial charge in [0.1, 0.15) is 11.5 Å². The quantitative estimate of drug-likeness (QED) is 0.164. The van der Waals surface area contributed by atoms with Gasteiger partial charge in [0.15, 0.2) is 0 Å². The monoisotopic (exact) mass is 676 g/mol. The second-order valence-electron chi connectivity index (χ2n) is 13.9. The van der Waals surface area contributed by atoms with Gasteiger partial charge in [-0.15, -0.1) is 0 Å². The van der Waals surface area contributed by atoms with Crippen LogP contribution in [0.4, 0.5) is 0 Å². The van der Waals surface area contributed by atoms with Crippen LogP contribution in [0.2, 0.25) is 0 Å². The highest BCUT2D eigenvalue weighted by Crippen LogP contribution is 2.47. The number of benzene rings is 2. The molecular formula is C40H36O10. The van der Waals surface area contributed by atoms with Gasteiger partial charge in [-0.2, -0.15) is 0 Å². The summed E-state index contributed by atoms with van der Waals surface area (Å²) in [5, 5.41) is 0. The van der Waals surface area contributed by atoms with Crippen LogP contribution in [0.3, 0.4) is 0 Å². The molecule has 2 aromatic heterocycles. The molecule has 2 atom stereocenters. The van der Waals surface area contributed by atoms with Crippen LogP contribution in [0, 0.1) is 13.8 Å². The molecule has 0 radical (unpaired) electrons. The van der Waals surface area contributed by atoms with Crippen LogP contribution < -0.4 is 0 Å². The fourth-order valence-electron chi connectivity index (χ4n) is 8.43. The predicted octanol–water partition coefficient (Wildman–Crippen LogP) is 6.80. The highest BCUT2D eigenvalue weighted by molar-refractivity contribution is 6.54. The van der Waals surface area contributed by atoms with Crippen molar-refractivity contribution in [1.82, 2.24) is 0 Å². The molecule has 2 aromatic carbocycles. The van der Waals surface area contributed by atoms with Crippen molar-refractivity contribution in [2.24, 2.45) is 0 Å². The van der Waals surface area contributed by atoms with E-state index in [-0.39, 0.29) is 11.9 Å². The SMILES string of the molecule is COC(=O)[C@@]1(C)CCCc2c1ccc1c2C(=O)C(=O)c2c(C)coc2-1.COC(=O)[C@@]1(C)CCCc2c1ccc1c2C(=O)C(=O)c2c(C)coc2-1. The summed E-state index contributed by atoms with van der Waals surface area (Å²) in [6, 6.07) is 7.31. The number of rotatable bonds is 2. The number of hydrogen-bond donors (Lipinski definition) is 0. The largest absolute Gasteiger partial charge is 0.468 e. The van der Waals surface area contributed by atoms with Crippen molar-refractivity contribution < 1.29 is 47.1 Å². The van der Waals surface area contributed by atoms with E-state index in [2.05, 4.69) is 0 Å². The van der Waals surface area contributed by atoms with Crippen molar-refractivity contribution in [3.8, 4) is 22.6 Å². The van der Waals surface area contributed by atoms with Gasteiger partial charge in [-0.1, -0.05) is 24.3 Å². The lowest BCUT2D eigenvalue weighted by Gasteiger charge is -2.35. The van der Waals surface area contributed by atoms with Crippen LogP contribution in [0.15, 0.2) is 45.6 Å². The third-order valence-corrected chi connectivity index (χ3v) is 11.1. The molecule has 4 aliphatic rings. The van der Waals surface area contributed by atoms with Crippen LogP contribution in [0.1, 0.15) is 114 Å². The highest BCUT2D eigenvalue weighted by Gasteiger charge is 2.46. The molecule has 0 fully saturated rings. The molecule has 0 amide bonds. The minimum atomic E-state index is -0.806. The lowest BCUT2D eigenvalue weighted by atomic mass is 9.68. The Morgan fingerprint density at radius 2 is 0.960 bits per heavy atom. The molecule has 0 spiro atoms. The fraction of sp³-hybridized carbons (Fsp3) is 0.350. The third kappa shape index (κ3) is 4.46. The van der Waals surface area contributed by atoms with Crippen molar-refractivity contribution in [1.29, 1.82) is 0 Å². The zero-order valence-corrected chi connectivity index (χ0v) is 28.8. The van der Waals surface area contributed by atoms with E-state index in [1.165, 1.54) is 26.7 Å². The molecule has 0 N–H and O–H groups in total. The van der Waals surface area contributed by atoms with Crippen molar-refractivity contribution in [3.63, 3.8) is 0 Å². The second-order valence-corrected chi connectivity index (χ2v) is 13.9. The number of aryl methyl sites for hydroxylation is 2. The first-order chi connectivity index (χ1) is 23.8. The summed E-state index contributed by atoms with van der Waals surface area (Å²) < 4.78 is 21.1. The van der Waals surface area contributed by atoms with E-state index in [4.69, 9.17) is 18.3 Å². The fourth-order valence-corrected chi connectivity index (χ4v) is 8.43. The number of ketones is 4. The lowest BCUT2D eigenvalue weighted by molar-refractivity contribution is -0.148. The minimum absolute atomic E-state index is 0.322. The average molecular weight is 677 g/mol. The van der Waals surface area contributed by atoms with E-state index in [0.29, 0.717) is 81.7 Å². The Bertz CT molecular complexity index is 2050. The summed E-state index contributed by atoms with van der Waals surface area (Å²) in [5.74, 6) is -1.85. The number of ether oxygens (including phenoxy) is 2. The molecule has 50 heavy (non-hydrogen) atoms. The number of furan rings is 2. The Morgan fingerprint density at radius 1 is 0.600 bits per heavy atom. The first kappa shape index (κ1) is 33.1. The van der Waals surface area contributed by atoms with Crippen LogP contribution in [-0.4, -0.2) is 49.3 Å². The van der Waals surface area contributed by atoms with Gasteiger partial charge in [0, 0.05) is 22.3 Å². The number of methoxy groups -OCH3 is 2. The molecule has 0 aliphatic heterocycles. The topological polar surface area (TPSA) is 147 Å². The molecule has 0 saturated carbocycles. The van der Waals surface area contributed by atoms with Crippen LogP contribution in [0.5, 0.6) is 0 Å². The number of hydrogen-bond acceptors (Lipinski definition) is 10. The molecular weight excluding hydrogens is 640 g/mol. The van der Waals surface area contributed by atoms with Gasteiger partial charge in [0.2, 0.25) is 23.1 Å². The van der Waals surface area contributed by atoms with E-state index < -0.39 is 34.0 Å². The highest BCUT2D eigenvalue weighted by atomic mass is 16.5. The Labute approximate surface area is 288 Å². The Kier molecular flexibility index (Phi) is 7.69. The second kappa shape index (κ2) is 11.6. The van der Waals surface area contributed by atoms with E-state index in [1.54, 1.807) is 26.0 Å². The maximum absolute atomic E-state index is 12.8. The smallest absolute Gasteiger partial charge is 0.316 e. The zero-order valence-electron chi connectivity index (χ0n) is 28.8. The maximum Gasteiger partial charge on any atom is 0.316 e. The first-order valence-electron chi connectivity index (χ1n) is 16.6. The van der Waals surface area contributed by atoms with Gasteiger partial charge in [0.05, 0.1) is 48.7 Å². The molecule has 4 aliphatic carbocycles. The number of fused-ring (bicyclic) bond motifs is 10. The van der Waals surface area contributed by atoms with Gasteiger partial charge in [-0.25, -0.2) is 0 Å². The first-order valence-corrected chi connectivity index (χ1v) is 16.6. The molecule has 0 bridgehead atoms. The van der Waals surface area contributed by atoms with Crippen LogP contribution in [-0.2, 0) is 42.7 Å². The number of carbonyl (C=O) groups is 6. The Balaban J connectivity index is 0.000000157. The summed E-state index contributed by atoms with van der Waals surface area (Å²) in [7, 11) is 2.74. The standard InChI is InChI=1S/2C20H18O5/c2*1-10-9-25-18-12-6-7-13-11(15(12)17(22)16(21)14(10)18)5-4-8-20(13,2)19(23)24-3/h2*6-7,9H,4-5,8H2,1-3H3/t2*20-/m00/s1. The molecule has 2 heterocycles. The third-order valence-electron chi connectivity index (χ3n) is 11.1. The summed E-state index contributed by atoms with van der Waals surface area (Å²) in [4.78, 5) is 75.6. The summed E-state index contributed by atoms with van der Waals surface area (Å²) in [5.41, 5.74) is 5.57. The molecule has 10 heteroatoms. The summed E-state index contributed by atoms with van der Waals surface area (Å²) in [6.45, 7) is 7.18. The van der Waals surface area contributed by atoms with Crippen molar-refractivity contribution in [2.45, 2.75) is 77.0 Å². The van der Waals surface area contributed by atoms with Gasteiger partial charge < -0.3 is 18.3 Å². The van der Waals surface area contributed by atoms with Crippen molar-refractivity contribution in [3.05, 3.63) is 92.4 Å². The lowest BCUT2D eigenvalue weighted by Crippen LogP contribution is -2.38. The number of esters is 2. The van der Waals surface area contributed by atoms with Crippen LogP contribution >= 0.6 is 0 Å². The average Bonchev–Trinajstić information content (AvgIpc) is 3.71. The minimum Gasteiger partial charge on any atom is -0.468 e. The predicted molar refractivity (Wildman–Crippen MR) is 180 cm³/mol. The van der Waals surface area contributed by atoms with E-state index in [1.807, 2.05) is 26.0 Å². The van der Waals surface area contributed by atoms with E-state index >= 15 is 0 Å². The van der Waals surface area contributed by atoms with Crippen molar-refractivity contribution >= 4 is 35.1 Å². The zero-order chi connectivity index (χ0) is 35.9. The normalized spacial score (nSPS) is 21.4.